The molecule has 9 nitrogen and oxygen atoms in total. The Hall–Kier alpha value is -3.31. The van der Waals surface area contributed by atoms with E-state index in [-0.39, 0.29) is 43.3 Å². The Bertz CT molecular complexity index is 1350. The highest BCUT2D eigenvalue weighted by molar-refractivity contribution is 6.71. The third-order valence-corrected chi connectivity index (χ3v) is 11.4. The summed E-state index contributed by atoms with van der Waals surface area (Å²) in [6, 6.07) is 14.0. The lowest BCUT2D eigenvalue weighted by Gasteiger charge is -2.32. The van der Waals surface area contributed by atoms with Gasteiger partial charge < -0.3 is 29.8 Å². The molecule has 0 bridgehead atoms. The molecule has 5 atom stereocenters. The number of aliphatic hydroxyl groups is 1. The number of likely N-dealkylation sites (tertiary alicyclic amines) is 1. The number of ether oxygens (including phenoxy) is 1. The summed E-state index contributed by atoms with van der Waals surface area (Å²) >= 11 is 0. The van der Waals surface area contributed by atoms with Gasteiger partial charge in [0.05, 0.1) is 30.9 Å². The molecule has 0 saturated carbocycles. The first kappa shape index (κ1) is 29.2. The van der Waals surface area contributed by atoms with Crippen molar-refractivity contribution in [1.82, 2.24) is 4.90 Å². The maximum atomic E-state index is 14.3. The molecule has 41 heavy (non-hydrogen) atoms. The van der Waals surface area contributed by atoms with Gasteiger partial charge in [0.1, 0.15) is 0 Å². The van der Waals surface area contributed by atoms with Gasteiger partial charge >= 0.3 is 0 Å². The quantitative estimate of drug-likeness (QED) is 0.326. The second-order valence-electron chi connectivity index (χ2n) is 11.9. The number of hydrogen-bond donors (Lipinski definition) is 3. The van der Waals surface area contributed by atoms with Crippen LogP contribution in [0.5, 0.6) is 0 Å². The topological polar surface area (TPSA) is 119 Å². The highest BCUT2D eigenvalue weighted by Gasteiger charge is 2.66. The van der Waals surface area contributed by atoms with Crippen LogP contribution in [0, 0.1) is 5.92 Å². The van der Waals surface area contributed by atoms with Gasteiger partial charge in [0.15, 0.2) is 13.9 Å². The fraction of sp³-hybridized carbons (Fsp3) is 0.452. The number of carbonyl (C=O) groups is 3. The van der Waals surface area contributed by atoms with Crippen molar-refractivity contribution in [3.05, 3.63) is 72.3 Å². The number of benzene rings is 2. The molecule has 0 aromatic heterocycles. The number of rotatable bonds is 8. The predicted octanol–water partition coefficient (Wildman–Crippen LogP) is 3.64. The number of nitrogens with zero attached hydrogens (tertiary/aromatic N) is 2. The lowest BCUT2D eigenvalue weighted by Crippen LogP contribution is -2.46. The molecule has 0 radical (unpaired) electrons. The lowest BCUT2D eigenvalue weighted by atomic mass is 9.82. The average Bonchev–Trinajstić information content (AvgIpc) is 3.60. The van der Waals surface area contributed by atoms with E-state index in [0.29, 0.717) is 29.0 Å². The largest absolute Gasteiger partial charge is 0.432 e. The van der Waals surface area contributed by atoms with E-state index in [1.165, 1.54) is 0 Å². The van der Waals surface area contributed by atoms with Crippen molar-refractivity contribution in [2.24, 2.45) is 5.92 Å². The molecule has 3 aliphatic heterocycles. The van der Waals surface area contributed by atoms with E-state index < -0.39 is 31.5 Å². The van der Waals surface area contributed by atoms with Crippen LogP contribution in [0.25, 0.3) is 0 Å². The molecular formula is C31H39N3O6Si. The van der Waals surface area contributed by atoms with E-state index in [9.17, 15) is 24.3 Å². The van der Waals surface area contributed by atoms with Crippen LogP contribution in [-0.4, -0.2) is 72.7 Å². The molecule has 218 valence electrons. The van der Waals surface area contributed by atoms with E-state index >= 15 is 0 Å². The second-order valence-corrected chi connectivity index (χ2v) is 15.9. The Labute approximate surface area is 241 Å². The Balaban J connectivity index is 1.53. The van der Waals surface area contributed by atoms with Crippen molar-refractivity contribution in [2.75, 3.05) is 29.9 Å². The summed E-state index contributed by atoms with van der Waals surface area (Å²) in [6.07, 6.45) is 2.55. The van der Waals surface area contributed by atoms with Crippen LogP contribution in [-0.2, 0) is 19.9 Å². The van der Waals surface area contributed by atoms with Crippen molar-refractivity contribution in [1.29, 1.82) is 0 Å². The standard InChI is InChI=1S/C31H39N3O6Si/c1-5-15-34-25-14-13-22(32-29(37)21-10-7-6-8-11-21)17-24(25)31(30(34)38)20(2)28(41(3,4)39)26(40-31)18-27(36)33-16-9-12-23(33)19-35/h5-8,10-11,13-14,17,20,23,26,28,35,39H,1,9,12,15-16,18-19H2,2-4H3,(H,32,37)/t20-,23-,26+,28-,31+/m0/s1. The van der Waals surface area contributed by atoms with Crippen molar-refractivity contribution < 1.29 is 29.0 Å². The first-order valence-corrected chi connectivity index (χ1v) is 17.3. The maximum absolute atomic E-state index is 14.3. The lowest BCUT2D eigenvalue weighted by molar-refractivity contribution is -0.149. The van der Waals surface area contributed by atoms with Gasteiger partial charge in [-0.25, -0.2) is 0 Å². The Morgan fingerprint density at radius 1 is 1.22 bits per heavy atom. The minimum atomic E-state index is -2.96. The molecular weight excluding hydrogens is 538 g/mol. The summed E-state index contributed by atoms with van der Waals surface area (Å²) in [4.78, 5) is 55.5. The first-order valence-electron chi connectivity index (χ1n) is 14.3. The number of hydrogen-bond acceptors (Lipinski definition) is 6. The molecule has 10 heteroatoms. The molecule has 0 unspecified atom stereocenters. The van der Waals surface area contributed by atoms with Gasteiger partial charge in [-0.3, -0.25) is 14.4 Å². The van der Waals surface area contributed by atoms with E-state index in [2.05, 4.69) is 11.9 Å². The molecule has 3 heterocycles. The highest BCUT2D eigenvalue weighted by atomic mass is 28.4. The van der Waals surface area contributed by atoms with Crippen LogP contribution in [0.4, 0.5) is 11.4 Å². The van der Waals surface area contributed by atoms with E-state index in [0.717, 1.165) is 12.8 Å². The van der Waals surface area contributed by atoms with Gasteiger partial charge in [-0.2, -0.15) is 0 Å². The zero-order valence-electron chi connectivity index (χ0n) is 23.9. The van der Waals surface area contributed by atoms with Crippen molar-refractivity contribution in [3.8, 4) is 0 Å². The van der Waals surface area contributed by atoms with Crippen molar-refractivity contribution >= 4 is 37.4 Å². The molecule has 5 rings (SSSR count). The van der Waals surface area contributed by atoms with Gasteiger partial charge in [-0.15, -0.1) is 6.58 Å². The Kier molecular flexibility index (Phi) is 7.95. The van der Waals surface area contributed by atoms with Crippen molar-refractivity contribution in [2.45, 2.75) is 62.6 Å². The SMILES string of the molecule is C=CCN1C(=O)[C@]2(O[C@H](CC(=O)N3CCC[C@H]3CO)[C@@H]([Si](C)(C)O)[C@@H]2C)c2cc(NC(=O)c3ccccc3)ccc21. The molecule has 3 N–H and O–H groups in total. The third kappa shape index (κ3) is 5.03. The van der Waals surface area contributed by atoms with E-state index in [1.807, 2.05) is 26.1 Å². The molecule has 3 amide bonds. The van der Waals surface area contributed by atoms with Gasteiger partial charge in [-0.1, -0.05) is 31.2 Å². The number of nitrogens with one attached hydrogen (secondary N) is 1. The minimum Gasteiger partial charge on any atom is -0.432 e. The average molecular weight is 578 g/mol. The fourth-order valence-electron chi connectivity index (χ4n) is 7.10. The van der Waals surface area contributed by atoms with Gasteiger partial charge in [-0.05, 0) is 56.3 Å². The molecule has 2 aromatic carbocycles. The zero-order valence-corrected chi connectivity index (χ0v) is 24.9. The molecule has 1 spiro atoms. The summed E-state index contributed by atoms with van der Waals surface area (Å²) in [5, 5.41) is 12.7. The van der Waals surface area contributed by atoms with Crippen LogP contribution in [0.1, 0.15) is 42.1 Å². The Morgan fingerprint density at radius 3 is 2.61 bits per heavy atom. The van der Waals surface area contributed by atoms with Crippen LogP contribution in [0.2, 0.25) is 18.6 Å². The summed E-state index contributed by atoms with van der Waals surface area (Å²) in [5.74, 6) is -1.13. The Morgan fingerprint density at radius 2 is 1.95 bits per heavy atom. The minimum absolute atomic E-state index is 0.0127. The summed E-state index contributed by atoms with van der Waals surface area (Å²) < 4.78 is 6.75. The normalized spacial score (nSPS) is 27.4. The van der Waals surface area contributed by atoms with Gasteiger partial charge in [0.2, 0.25) is 5.91 Å². The molecule has 2 aromatic rings. The molecule has 2 fully saturated rings. The number of aliphatic hydroxyl groups excluding tert-OH is 1. The summed E-state index contributed by atoms with van der Waals surface area (Å²) in [6.45, 7) is 10.1. The van der Waals surface area contributed by atoms with Gasteiger partial charge in [0, 0.05) is 41.4 Å². The van der Waals surface area contributed by atoms with E-state index in [4.69, 9.17) is 4.74 Å². The van der Waals surface area contributed by atoms with Gasteiger partial charge in [0.25, 0.3) is 11.8 Å². The number of amides is 3. The third-order valence-electron chi connectivity index (χ3n) is 8.87. The fourth-order valence-corrected chi connectivity index (χ4v) is 9.66. The molecule has 2 saturated heterocycles. The molecule has 3 aliphatic rings. The van der Waals surface area contributed by atoms with Crippen molar-refractivity contribution in [3.63, 3.8) is 0 Å². The number of anilines is 2. The van der Waals surface area contributed by atoms with Crippen LogP contribution < -0.4 is 10.2 Å². The molecule has 0 aliphatic carbocycles. The monoisotopic (exact) mass is 577 g/mol. The zero-order chi connectivity index (χ0) is 29.5. The smallest absolute Gasteiger partial charge is 0.264 e. The van der Waals surface area contributed by atoms with Crippen LogP contribution >= 0.6 is 0 Å². The summed E-state index contributed by atoms with van der Waals surface area (Å²) in [7, 11) is -2.96. The first-order chi connectivity index (χ1) is 19.5. The van der Waals surface area contributed by atoms with Crippen LogP contribution in [0.3, 0.4) is 0 Å². The maximum Gasteiger partial charge on any atom is 0.264 e. The number of fused-ring (bicyclic) bond motifs is 2. The predicted molar refractivity (Wildman–Crippen MR) is 159 cm³/mol. The number of carbonyl (C=O) groups excluding carboxylic acids is 3. The summed E-state index contributed by atoms with van der Waals surface area (Å²) in [5.41, 5.74) is 0.436. The van der Waals surface area contributed by atoms with Crippen LogP contribution in [0.15, 0.2) is 61.2 Å². The van der Waals surface area contributed by atoms with E-state index in [1.54, 1.807) is 58.3 Å². The second kappa shape index (κ2) is 11.2. The highest BCUT2D eigenvalue weighted by Crippen LogP contribution is 2.60.